The van der Waals surface area contributed by atoms with Gasteiger partial charge in [-0.3, -0.25) is 0 Å². The maximum absolute atomic E-state index is 12.9. The Morgan fingerprint density at radius 3 is 2.94 bits per heavy atom. The minimum Gasteiger partial charge on any atom is -0.493 e. The summed E-state index contributed by atoms with van der Waals surface area (Å²) in [5, 5.41) is 0. The van der Waals surface area contributed by atoms with E-state index in [0.717, 1.165) is 23.5 Å². The summed E-state index contributed by atoms with van der Waals surface area (Å²) in [4.78, 5) is 0. The van der Waals surface area contributed by atoms with Crippen molar-refractivity contribution in [2.75, 3.05) is 18.1 Å². The molecule has 1 aromatic carbocycles. The van der Waals surface area contributed by atoms with Crippen LogP contribution in [-0.4, -0.2) is 18.1 Å². The molecule has 0 aliphatic heterocycles. The Hall–Kier alpha value is -0.740. The smallest absolute Gasteiger partial charge is 0.123 e. The fraction of sp³-hybridized carbons (Fsp3) is 0.500. The Morgan fingerprint density at radius 2 is 2.25 bits per heavy atom. The number of rotatable bonds is 7. The molecule has 0 spiro atoms. The Kier molecular flexibility index (Phi) is 6.26. The second-order valence-electron chi connectivity index (χ2n) is 3.36. The highest BCUT2D eigenvalue weighted by Gasteiger charge is 2.03. The predicted molar refractivity (Wildman–Crippen MR) is 67.4 cm³/mol. The first kappa shape index (κ1) is 13.3. The molecule has 0 heterocycles. The highest BCUT2D eigenvalue weighted by atomic mass is 32.2. The van der Waals surface area contributed by atoms with Crippen LogP contribution in [0.3, 0.4) is 0 Å². The Balaban J connectivity index is 2.41. The highest BCUT2D eigenvalue weighted by Crippen LogP contribution is 2.19. The van der Waals surface area contributed by atoms with E-state index in [1.807, 2.05) is 11.8 Å². The Morgan fingerprint density at radius 1 is 1.44 bits per heavy atom. The lowest BCUT2D eigenvalue weighted by molar-refractivity contribution is 0.315. The summed E-state index contributed by atoms with van der Waals surface area (Å²) in [7, 11) is 0. The first-order valence-corrected chi connectivity index (χ1v) is 6.62. The molecule has 0 aliphatic carbocycles. The molecule has 2 nitrogen and oxygen atoms in total. The van der Waals surface area contributed by atoms with E-state index in [9.17, 15) is 4.39 Å². The van der Waals surface area contributed by atoms with Crippen molar-refractivity contribution < 1.29 is 9.13 Å². The van der Waals surface area contributed by atoms with E-state index >= 15 is 0 Å². The fourth-order valence-corrected chi connectivity index (χ4v) is 1.95. The summed E-state index contributed by atoms with van der Waals surface area (Å²) in [6, 6.07) is 4.47. The molecule has 2 N–H and O–H groups in total. The Bertz CT molecular complexity index is 320. The molecule has 1 aromatic rings. The van der Waals surface area contributed by atoms with E-state index in [1.54, 1.807) is 6.07 Å². The second kappa shape index (κ2) is 7.52. The predicted octanol–water partition coefficient (Wildman–Crippen LogP) is 2.81. The summed E-state index contributed by atoms with van der Waals surface area (Å²) >= 11 is 1.89. The summed E-state index contributed by atoms with van der Waals surface area (Å²) in [6.45, 7) is 3.10. The zero-order valence-electron chi connectivity index (χ0n) is 9.54. The number of hydrogen-bond acceptors (Lipinski definition) is 3. The van der Waals surface area contributed by atoms with E-state index < -0.39 is 0 Å². The summed E-state index contributed by atoms with van der Waals surface area (Å²) in [5.74, 6) is 2.65. The SMILES string of the molecule is CCSCCCOc1ccc(F)cc1CN. The molecular weight excluding hydrogens is 225 g/mol. The van der Waals surface area contributed by atoms with Crippen LogP contribution < -0.4 is 10.5 Å². The first-order chi connectivity index (χ1) is 7.77. The second-order valence-corrected chi connectivity index (χ2v) is 4.75. The largest absolute Gasteiger partial charge is 0.493 e. The van der Waals surface area contributed by atoms with E-state index in [4.69, 9.17) is 10.5 Å². The van der Waals surface area contributed by atoms with E-state index in [-0.39, 0.29) is 5.82 Å². The number of halogens is 1. The van der Waals surface area contributed by atoms with Crippen LogP contribution >= 0.6 is 11.8 Å². The van der Waals surface area contributed by atoms with Gasteiger partial charge in [-0.15, -0.1) is 0 Å². The van der Waals surface area contributed by atoms with Crippen LogP contribution in [0.25, 0.3) is 0 Å². The molecule has 0 saturated carbocycles. The van der Waals surface area contributed by atoms with Crippen LogP contribution in [0.15, 0.2) is 18.2 Å². The number of thioether (sulfide) groups is 1. The van der Waals surface area contributed by atoms with Crippen LogP contribution in [0.4, 0.5) is 4.39 Å². The molecule has 4 heteroatoms. The molecule has 0 fully saturated rings. The number of hydrogen-bond donors (Lipinski definition) is 1. The van der Waals surface area contributed by atoms with Crippen molar-refractivity contribution in [2.24, 2.45) is 5.73 Å². The van der Waals surface area contributed by atoms with Gasteiger partial charge in [-0.25, -0.2) is 4.39 Å². The lowest BCUT2D eigenvalue weighted by atomic mass is 10.2. The molecule has 0 amide bonds. The minimum absolute atomic E-state index is 0.269. The van der Waals surface area contributed by atoms with Gasteiger partial charge in [-0.05, 0) is 36.1 Å². The molecule has 1 rings (SSSR count). The Labute approximate surface area is 100 Å². The van der Waals surface area contributed by atoms with Crippen molar-refractivity contribution in [2.45, 2.75) is 19.9 Å². The minimum atomic E-state index is -0.269. The summed E-state index contributed by atoms with van der Waals surface area (Å²) in [5.41, 5.74) is 6.25. The normalized spacial score (nSPS) is 10.4. The standard InChI is InChI=1S/C12H18FNOS/c1-2-16-7-3-6-15-12-5-4-11(13)8-10(12)9-14/h4-5,8H,2-3,6-7,9,14H2,1H3. The number of ether oxygens (including phenoxy) is 1. The van der Waals surface area contributed by atoms with Crippen molar-refractivity contribution in [3.05, 3.63) is 29.6 Å². The lowest BCUT2D eigenvalue weighted by Crippen LogP contribution is -2.05. The maximum atomic E-state index is 12.9. The van der Waals surface area contributed by atoms with Crippen molar-refractivity contribution in [1.82, 2.24) is 0 Å². The van der Waals surface area contributed by atoms with Crippen molar-refractivity contribution in [1.29, 1.82) is 0 Å². The van der Waals surface area contributed by atoms with Gasteiger partial charge < -0.3 is 10.5 Å². The van der Waals surface area contributed by atoms with Crippen LogP contribution in [0.2, 0.25) is 0 Å². The van der Waals surface area contributed by atoms with E-state index in [1.165, 1.54) is 12.1 Å². The van der Waals surface area contributed by atoms with E-state index in [0.29, 0.717) is 18.9 Å². The number of nitrogens with two attached hydrogens (primary N) is 1. The van der Waals surface area contributed by atoms with Gasteiger partial charge in [0.05, 0.1) is 6.61 Å². The van der Waals surface area contributed by atoms with E-state index in [2.05, 4.69) is 6.92 Å². The van der Waals surface area contributed by atoms with Gasteiger partial charge in [-0.2, -0.15) is 11.8 Å². The third kappa shape index (κ3) is 4.41. The molecule has 0 saturated heterocycles. The van der Waals surface area contributed by atoms with Gasteiger partial charge in [0.15, 0.2) is 0 Å². The van der Waals surface area contributed by atoms with Crippen molar-refractivity contribution >= 4 is 11.8 Å². The van der Waals surface area contributed by atoms with Gasteiger partial charge in [0.25, 0.3) is 0 Å². The maximum Gasteiger partial charge on any atom is 0.123 e. The van der Waals surface area contributed by atoms with Gasteiger partial charge in [-0.1, -0.05) is 6.92 Å². The van der Waals surface area contributed by atoms with Crippen LogP contribution in [-0.2, 0) is 6.54 Å². The van der Waals surface area contributed by atoms with Crippen molar-refractivity contribution in [3.8, 4) is 5.75 Å². The fourth-order valence-electron chi connectivity index (χ4n) is 1.34. The average molecular weight is 243 g/mol. The van der Waals surface area contributed by atoms with Crippen molar-refractivity contribution in [3.63, 3.8) is 0 Å². The van der Waals surface area contributed by atoms with Gasteiger partial charge in [0.2, 0.25) is 0 Å². The molecule has 0 aliphatic rings. The van der Waals surface area contributed by atoms with Crippen LogP contribution in [0.1, 0.15) is 18.9 Å². The van der Waals surface area contributed by atoms with Gasteiger partial charge >= 0.3 is 0 Å². The van der Waals surface area contributed by atoms with Gasteiger partial charge in [0, 0.05) is 12.1 Å². The highest BCUT2D eigenvalue weighted by molar-refractivity contribution is 7.99. The van der Waals surface area contributed by atoms with Gasteiger partial charge in [0.1, 0.15) is 11.6 Å². The third-order valence-corrected chi connectivity index (χ3v) is 3.12. The topological polar surface area (TPSA) is 35.2 Å². The number of benzene rings is 1. The molecular formula is C12H18FNOS. The lowest BCUT2D eigenvalue weighted by Gasteiger charge is -2.10. The summed E-state index contributed by atoms with van der Waals surface area (Å²) in [6.07, 6.45) is 1.000. The van der Waals surface area contributed by atoms with Crippen LogP contribution in [0.5, 0.6) is 5.75 Å². The monoisotopic (exact) mass is 243 g/mol. The molecule has 0 bridgehead atoms. The molecule has 0 atom stereocenters. The summed E-state index contributed by atoms with van der Waals surface area (Å²) < 4.78 is 18.5. The molecule has 0 unspecified atom stereocenters. The first-order valence-electron chi connectivity index (χ1n) is 5.47. The quantitative estimate of drug-likeness (QED) is 0.748. The third-order valence-electron chi connectivity index (χ3n) is 2.14. The molecule has 0 aromatic heterocycles. The molecule has 16 heavy (non-hydrogen) atoms. The molecule has 0 radical (unpaired) electrons. The molecule has 90 valence electrons. The average Bonchev–Trinajstić information content (AvgIpc) is 2.30. The zero-order chi connectivity index (χ0) is 11.8. The zero-order valence-corrected chi connectivity index (χ0v) is 10.4. The van der Waals surface area contributed by atoms with Crippen LogP contribution in [0, 0.1) is 5.82 Å².